The average molecular weight is 156 g/mol. The van der Waals surface area contributed by atoms with Crippen LogP contribution in [0.5, 0.6) is 0 Å². The number of esters is 1. The topological polar surface area (TPSA) is 35.5 Å². The van der Waals surface area contributed by atoms with Crippen LogP contribution < -0.4 is 0 Å². The summed E-state index contributed by atoms with van der Waals surface area (Å²) in [5, 5.41) is 0. The van der Waals surface area contributed by atoms with Gasteiger partial charge in [0.05, 0.1) is 19.6 Å². The largest absolute Gasteiger partial charge is 0.469 e. The molecule has 0 aromatic rings. The molecular weight excluding hydrogens is 144 g/mol. The SMILES string of the molecule is COC(=O)C1CC12CCOC2. The van der Waals surface area contributed by atoms with Gasteiger partial charge in [-0.1, -0.05) is 0 Å². The van der Waals surface area contributed by atoms with Crippen molar-refractivity contribution in [1.29, 1.82) is 0 Å². The molecule has 0 radical (unpaired) electrons. The summed E-state index contributed by atoms with van der Waals surface area (Å²) in [7, 11) is 1.45. The molecule has 11 heavy (non-hydrogen) atoms. The molecule has 2 aliphatic rings. The Balaban J connectivity index is 1.97. The number of ether oxygens (including phenoxy) is 2. The molecule has 1 heterocycles. The van der Waals surface area contributed by atoms with Gasteiger partial charge in [0.15, 0.2) is 0 Å². The van der Waals surface area contributed by atoms with E-state index in [9.17, 15) is 4.79 Å². The molecule has 1 saturated carbocycles. The molecule has 0 N–H and O–H groups in total. The van der Waals surface area contributed by atoms with E-state index in [-0.39, 0.29) is 17.3 Å². The first-order valence-corrected chi connectivity index (χ1v) is 3.94. The molecular formula is C8H12O3. The van der Waals surface area contributed by atoms with E-state index in [1.807, 2.05) is 0 Å². The van der Waals surface area contributed by atoms with Crippen LogP contribution in [0, 0.1) is 11.3 Å². The van der Waals surface area contributed by atoms with Gasteiger partial charge in [0.2, 0.25) is 0 Å². The summed E-state index contributed by atoms with van der Waals surface area (Å²) in [5.41, 5.74) is 0.188. The molecule has 1 aliphatic carbocycles. The molecule has 62 valence electrons. The van der Waals surface area contributed by atoms with E-state index in [1.54, 1.807) is 0 Å². The second-order valence-electron chi connectivity index (χ2n) is 3.44. The van der Waals surface area contributed by atoms with Crippen molar-refractivity contribution in [3.8, 4) is 0 Å². The van der Waals surface area contributed by atoms with Crippen LogP contribution >= 0.6 is 0 Å². The second kappa shape index (κ2) is 2.21. The molecule has 3 nitrogen and oxygen atoms in total. The van der Waals surface area contributed by atoms with E-state index in [0.29, 0.717) is 0 Å². The Kier molecular flexibility index (Phi) is 1.42. The predicted molar refractivity (Wildman–Crippen MR) is 38.0 cm³/mol. The average Bonchev–Trinajstić information content (AvgIpc) is 2.48. The van der Waals surface area contributed by atoms with E-state index in [4.69, 9.17) is 4.74 Å². The van der Waals surface area contributed by atoms with E-state index in [2.05, 4.69) is 4.74 Å². The molecule has 0 amide bonds. The highest BCUT2D eigenvalue weighted by Crippen LogP contribution is 2.58. The monoisotopic (exact) mass is 156 g/mol. The smallest absolute Gasteiger partial charge is 0.309 e. The van der Waals surface area contributed by atoms with Gasteiger partial charge in [0, 0.05) is 12.0 Å². The van der Waals surface area contributed by atoms with Crippen LogP contribution in [0.1, 0.15) is 12.8 Å². The predicted octanol–water partition coefficient (Wildman–Crippen LogP) is 0.586. The van der Waals surface area contributed by atoms with Crippen LogP contribution in [0.3, 0.4) is 0 Å². The van der Waals surface area contributed by atoms with Crippen molar-refractivity contribution >= 4 is 5.97 Å². The zero-order chi connectivity index (χ0) is 7.90. The van der Waals surface area contributed by atoms with Gasteiger partial charge in [-0.3, -0.25) is 4.79 Å². The summed E-state index contributed by atoms with van der Waals surface area (Å²) < 4.78 is 9.91. The summed E-state index contributed by atoms with van der Waals surface area (Å²) >= 11 is 0. The van der Waals surface area contributed by atoms with Gasteiger partial charge in [-0.15, -0.1) is 0 Å². The minimum atomic E-state index is -0.0597. The maximum absolute atomic E-state index is 11.1. The van der Waals surface area contributed by atoms with Crippen molar-refractivity contribution in [3.05, 3.63) is 0 Å². The third-order valence-corrected chi connectivity index (χ3v) is 2.81. The Morgan fingerprint density at radius 3 is 3.09 bits per heavy atom. The highest BCUT2D eigenvalue weighted by molar-refractivity contribution is 5.76. The molecule has 2 atom stereocenters. The molecule has 0 aromatic heterocycles. The summed E-state index contributed by atoms with van der Waals surface area (Å²) in [5.74, 6) is 0.0745. The summed E-state index contributed by atoms with van der Waals surface area (Å²) in [6, 6.07) is 0. The summed E-state index contributed by atoms with van der Waals surface area (Å²) in [6.07, 6.45) is 2.01. The number of methoxy groups -OCH3 is 1. The fraction of sp³-hybridized carbons (Fsp3) is 0.875. The molecule has 2 rings (SSSR count). The van der Waals surface area contributed by atoms with E-state index in [0.717, 1.165) is 26.1 Å². The van der Waals surface area contributed by atoms with Crippen LogP contribution in [-0.4, -0.2) is 26.3 Å². The third kappa shape index (κ3) is 0.948. The molecule has 1 spiro atoms. The van der Waals surface area contributed by atoms with Gasteiger partial charge in [0.25, 0.3) is 0 Å². The number of carbonyl (C=O) groups excluding carboxylic acids is 1. The van der Waals surface area contributed by atoms with Gasteiger partial charge >= 0.3 is 5.97 Å². The maximum Gasteiger partial charge on any atom is 0.309 e. The van der Waals surface area contributed by atoms with Crippen molar-refractivity contribution in [2.24, 2.45) is 11.3 Å². The van der Waals surface area contributed by atoms with Gasteiger partial charge in [-0.25, -0.2) is 0 Å². The molecule has 1 aliphatic heterocycles. The highest BCUT2D eigenvalue weighted by Gasteiger charge is 2.60. The molecule has 0 bridgehead atoms. The third-order valence-electron chi connectivity index (χ3n) is 2.81. The van der Waals surface area contributed by atoms with Crippen LogP contribution in [-0.2, 0) is 14.3 Å². The Hall–Kier alpha value is -0.570. The van der Waals surface area contributed by atoms with Crippen LogP contribution in [0.25, 0.3) is 0 Å². The first-order valence-electron chi connectivity index (χ1n) is 3.94. The number of hydrogen-bond acceptors (Lipinski definition) is 3. The van der Waals surface area contributed by atoms with Gasteiger partial charge < -0.3 is 9.47 Å². The lowest BCUT2D eigenvalue weighted by Crippen LogP contribution is -2.12. The molecule has 3 heteroatoms. The van der Waals surface area contributed by atoms with E-state index < -0.39 is 0 Å². The van der Waals surface area contributed by atoms with Crippen LogP contribution in [0.2, 0.25) is 0 Å². The van der Waals surface area contributed by atoms with Gasteiger partial charge in [-0.2, -0.15) is 0 Å². The summed E-state index contributed by atoms with van der Waals surface area (Å²) in [4.78, 5) is 11.1. The van der Waals surface area contributed by atoms with Crippen molar-refractivity contribution < 1.29 is 14.3 Å². The van der Waals surface area contributed by atoms with Crippen LogP contribution in [0.15, 0.2) is 0 Å². The number of hydrogen-bond donors (Lipinski definition) is 0. The fourth-order valence-corrected chi connectivity index (χ4v) is 1.88. The van der Waals surface area contributed by atoms with Crippen molar-refractivity contribution in [1.82, 2.24) is 0 Å². The minimum absolute atomic E-state index is 0.0597. The Morgan fingerprint density at radius 2 is 2.55 bits per heavy atom. The van der Waals surface area contributed by atoms with E-state index >= 15 is 0 Å². The normalized spacial score (nSPS) is 41.0. The van der Waals surface area contributed by atoms with Crippen molar-refractivity contribution in [2.45, 2.75) is 12.8 Å². The lowest BCUT2D eigenvalue weighted by molar-refractivity contribution is -0.143. The quantitative estimate of drug-likeness (QED) is 0.521. The Morgan fingerprint density at radius 1 is 1.73 bits per heavy atom. The standard InChI is InChI=1S/C8H12O3/c1-10-7(9)6-4-8(6)2-3-11-5-8/h6H,2-5H2,1H3. The molecule has 1 saturated heterocycles. The fourth-order valence-electron chi connectivity index (χ4n) is 1.88. The van der Waals surface area contributed by atoms with Gasteiger partial charge in [-0.05, 0) is 12.8 Å². The lowest BCUT2D eigenvalue weighted by atomic mass is 10.0. The first-order chi connectivity index (χ1) is 5.28. The highest BCUT2D eigenvalue weighted by atomic mass is 16.5. The molecule has 2 unspecified atom stereocenters. The number of rotatable bonds is 1. The molecule has 2 fully saturated rings. The molecule has 0 aromatic carbocycles. The van der Waals surface area contributed by atoms with E-state index in [1.165, 1.54) is 7.11 Å². The van der Waals surface area contributed by atoms with Crippen LogP contribution in [0.4, 0.5) is 0 Å². The zero-order valence-electron chi connectivity index (χ0n) is 6.63. The maximum atomic E-state index is 11.1. The minimum Gasteiger partial charge on any atom is -0.469 e. The summed E-state index contributed by atoms with van der Waals surface area (Å²) in [6.45, 7) is 1.57. The Labute approximate surface area is 65.7 Å². The van der Waals surface area contributed by atoms with Gasteiger partial charge in [0.1, 0.15) is 0 Å². The number of carbonyl (C=O) groups is 1. The lowest BCUT2D eigenvalue weighted by Gasteiger charge is -2.03. The van der Waals surface area contributed by atoms with Crippen molar-refractivity contribution in [2.75, 3.05) is 20.3 Å². The first kappa shape index (κ1) is 7.10. The zero-order valence-corrected chi connectivity index (χ0v) is 6.63. The van der Waals surface area contributed by atoms with Crippen molar-refractivity contribution in [3.63, 3.8) is 0 Å². The second-order valence-corrected chi connectivity index (χ2v) is 3.44. The Bertz CT molecular complexity index is 182.